The zero-order valence-electron chi connectivity index (χ0n) is 12.8. The molecular formula is C16H13BrCl2N2O4. The maximum Gasteiger partial charge on any atom is 0.270 e. The Hall–Kier alpha value is -1.83. The average Bonchev–Trinajstić information content (AvgIpc) is 2.55. The number of nitro benzene ring substituents is 1. The molecule has 0 spiro atoms. The standard InChI is InChI=1S/C16H13BrCl2N2O4/c17-12-9-11(21(23)24)4-5-14(12)20-16(22)2-1-7-25-15-6-3-10(18)8-13(15)19/h3-6,8-9H,1-2,7H2,(H,20,22). The van der Waals surface area contributed by atoms with Gasteiger partial charge in [-0.05, 0) is 46.6 Å². The SMILES string of the molecule is O=C(CCCOc1ccc(Cl)cc1Cl)Nc1ccc([N+](=O)[O-])cc1Br. The van der Waals surface area contributed by atoms with E-state index in [1.54, 1.807) is 18.2 Å². The highest BCUT2D eigenvalue weighted by molar-refractivity contribution is 9.10. The summed E-state index contributed by atoms with van der Waals surface area (Å²) in [6, 6.07) is 9.05. The van der Waals surface area contributed by atoms with Crippen molar-refractivity contribution < 1.29 is 14.5 Å². The van der Waals surface area contributed by atoms with Gasteiger partial charge in [-0.25, -0.2) is 0 Å². The highest BCUT2D eigenvalue weighted by Gasteiger charge is 2.11. The van der Waals surface area contributed by atoms with Crippen LogP contribution in [-0.2, 0) is 4.79 Å². The predicted molar refractivity (Wildman–Crippen MR) is 101 cm³/mol. The lowest BCUT2D eigenvalue weighted by molar-refractivity contribution is -0.384. The van der Waals surface area contributed by atoms with E-state index < -0.39 is 4.92 Å². The maximum atomic E-state index is 11.9. The van der Waals surface area contributed by atoms with Crippen LogP contribution >= 0.6 is 39.1 Å². The van der Waals surface area contributed by atoms with Crippen molar-refractivity contribution in [2.45, 2.75) is 12.8 Å². The monoisotopic (exact) mass is 446 g/mol. The van der Waals surface area contributed by atoms with Gasteiger partial charge in [0.05, 0.1) is 22.2 Å². The number of anilines is 1. The molecule has 0 saturated carbocycles. The second-order valence-corrected chi connectivity index (χ2v) is 6.69. The lowest BCUT2D eigenvalue weighted by Gasteiger charge is -2.09. The molecule has 0 heterocycles. The Morgan fingerprint density at radius 3 is 2.64 bits per heavy atom. The van der Waals surface area contributed by atoms with Gasteiger partial charge in [0.1, 0.15) is 5.75 Å². The third-order valence-corrected chi connectivity index (χ3v) is 4.32. The Balaban J connectivity index is 1.80. The van der Waals surface area contributed by atoms with Crippen molar-refractivity contribution in [3.63, 3.8) is 0 Å². The molecule has 25 heavy (non-hydrogen) atoms. The van der Waals surface area contributed by atoms with Crippen LogP contribution in [0.25, 0.3) is 0 Å². The number of rotatable bonds is 7. The molecule has 0 fully saturated rings. The Morgan fingerprint density at radius 1 is 1.24 bits per heavy atom. The van der Waals surface area contributed by atoms with Crippen LogP contribution < -0.4 is 10.1 Å². The van der Waals surface area contributed by atoms with Crippen molar-refractivity contribution in [3.8, 4) is 5.75 Å². The fourth-order valence-electron chi connectivity index (χ4n) is 1.94. The van der Waals surface area contributed by atoms with Crippen molar-refractivity contribution in [1.82, 2.24) is 0 Å². The second-order valence-electron chi connectivity index (χ2n) is 5.00. The number of carbonyl (C=O) groups is 1. The van der Waals surface area contributed by atoms with Crippen LogP contribution in [0, 0.1) is 10.1 Å². The Kier molecular flexibility index (Phi) is 7.04. The molecule has 0 atom stereocenters. The summed E-state index contributed by atoms with van der Waals surface area (Å²) in [5.74, 6) is 0.282. The minimum atomic E-state index is -0.504. The minimum absolute atomic E-state index is 0.0573. The van der Waals surface area contributed by atoms with E-state index in [2.05, 4.69) is 21.2 Å². The van der Waals surface area contributed by atoms with Gasteiger partial charge in [0.25, 0.3) is 5.69 Å². The van der Waals surface area contributed by atoms with Gasteiger partial charge in [-0.3, -0.25) is 14.9 Å². The summed E-state index contributed by atoms with van der Waals surface area (Å²) in [5.41, 5.74) is 0.412. The van der Waals surface area contributed by atoms with Crippen molar-refractivity contribution >= 4 is 56.4 Å². The van der Waals surface area contributed by atoms with Crippen LogP contribution in [0.5, 0.6) is 5.75 Å². The fourth-order valence-corrected chi connectivity index (χ4v) is 2.87. The van der Waals surface area contributed by atoms with Gasteiger partial charge < -0.3 is 10.1 Å². The smallest absolute Gasteiger partial charge is 0.270 e. The number of ether oxygens (including phenoxy) is 1. The Bertz CT molecular complexity index is 802. The van der Waals surface area contributed by atoms with E-state index in [-0.39, 0.29) is 18.0 Å². The first-order valence-electron chi connectivity index (χ1n) is 7.18. The molecule has 9 heteroatoms. The number of hydrogen-bond donors (Lipinski definition) is 1. The van der Waals surface area contributed by atoms with E-state index in [1.807, 2.05) is 0 Å². The molecule has 0 unspecified atom stereocenters. The van der Waals surface area contributed by atoms with Gasteiger partial charge in [0, 0.05) is 28.0 Å². The van der Waals surface area contributed by atoms with Crippen LogP contribution in [0.2, 0.25) is 10.0 Å². The van der Waals surface area contributed by atoms with E-state index in [9.17, 15) is 14.9 Å². The van der Waals surface area contributed by atoms with E-state index in [4.69, 9.17) is 27.9 Å². The lowest BCUT2D eigenvalue weighted by atomic mass is 10.2. The fraction of sp³-hybridized carbons (Fsp3) is 0.188. The molecule has 2 aromatic carbocycles. The van der Waals surface area contributed by atoms with Crippen molar-refractivity contribution in [1.29, 1.82) is 0 Å². The third kappa shape index (κ3) is 5.88. The van der Waals surface area contributed by atoms with E-state index in [1.165, 1.54) is 18.2 Å². The van der Waals surface area contributed by atoms with E-state index in [0.29, 0.717) is 39.0 Å². The maximum absolute atomic E-state index is 11.9. The van der Waals surface area contributed by atoms with Crippen LogP contribution in [0.4, 0.5) is 11.4 Å². The number of hydrogen-bond acceptors (Lipinski definition) is 4. The van der Waals surface area contributed by atoms with Crippen molar-refractivity contribution in [3.05, 3.63) is 61.0 Å². The van der Waals surface area contributed by atoms with Gasteiger partial charge in [0.2, 0.25) is 5.91 Å². The van der Waals surface area contributed by atoms with E-state index in [0.717, 1.165) is 0 Å². The first-order chi connectivity index (χ1) is 11.9. The molecule has 0 aliphatic heterocycles. The quantitative estimate of drug-likeness (QED) is 0.347. The van der Waals surface area contributed by atoms with Gasteiger partial charge in [0.15, 0.2) is 0 Å². The van der Waals surface area contributed by atoms with Gasteiger partial charge in [-0.1, -0.05) is 23.2 Å². The van der Waals surface area contributed by atoms with Crippen LogP contribution in [0.3, 0.4) is 0 Å². The van der Waals surface area contributed by atoms with Crippen LogP contribution in [0.15, 0.2) is 40.9 Å². The molecule has 0 saturated heterocycles. The number of nitrogens with one attached hydrogen (secondary N) is 1. The molecule has 0 radical (unpaired) electrons. The van der Waals surface area contributed by atoms with Crippen LogP contribution in [-0.4, -0.2) is 17.4 Å². The topological polar surface area (TPSA) is 81.5 Å². The molecule has 1 amide bonds. The predicted octanol–water partition coefficient (Wildman–Crippen LogP) is 5.46. The van der Waals surface area contributed by atoms with Gasteiger partial charge >= 0.3 is 0 Å². The number of carbonyl (C=O) groups excluding carboxylic acids is 1. The molecule has 6 nitrogen and oxygen atoms in total. The Labute approximate surface area is 162 Å². The molecule has 2 rings (SSSR count). The third-order valence-electron chi connectivity index (χ3n) is 3.14. The molecule has 1 N–H and O–H groups in total. The highest BCUT2D eigenvalue weighted by atomic mass is 79.9. The minimum Gasteiger partial charge on any atom is -0.492 e. The molecule has 2 aromatic rings. The zero-order chi connectivity index (χ0) is 18.4. The van der Waals surface area contributed by atoms with Gasteiger partial charge in [-0.15, -0.1) is 0 Å². The first-order valence-corrected chi connectivity index (χ1v) is 8.73. The molecule has 132 valence electrons. The van der Waals surface area contributed by atoms with Crippen LogP contribution in [0.1, 0.15) is 12.8 Å². The number of halogens is 3. The summed E-state index contributed by atoms with van der Waals surface area (Å²) < 4.78 is 5.95. The summed E-state index contributed by atoms with van der Waals surface area (Å²) in [5, 5.41) is 14.3. The number of benzene rings is 2. The molecular weight excluding hydrogens is 435 g/mol. The lowest BCUT2D eigenvalue weighted by Crippen LogP contribution is -2.13. The highest BCUT2D eigenvalue weighted by Crippen LogP contribution is 2.28. The summed E-state index contributed by atoms with van der Waals surface area (Å²) in [6.07, 6.45) is 0.712. The molecule has 0 bridgehead atoms. The zero-order valence-corrected chi connectivity index (χ0v) is 15.9. The largest absolute Gasteiger partial charge is 0.492 e. The second kappa shape index (κ2) is 9.03. The first kappa shape index (κ1) is 19.5. The summed E-state index contributed by atoms with van der Waals surface area (Å²) in [7, 11) is 0. The number of non-ortho nitro benzene ring substituents is 1. The molecule has 0 aliphatic carbocycles. The van der Waals surface area contributed by atoms with Crippen molar-refractivity contribution in [2.24, 2.45) is 0 Å². The van der Waals surface area contributed by atoms with Gasteiger partial charge in [-0.2, -0.15) is 0 Å². The summed E-state index contributed by atoms with van der Waals surface area (Å²) >= 11 is 15.0. The van der Waals surface area contributed by atoms with Crippen molar-refractivity contribution in [2.75, 3.05) is 11.9 Å². The average molecular weight is 448 g/mol. The molecule has 0 aliphatic rings. The normalized spacial score (nSPS) is 10.4. The number of amides is 1. The Morgan fingerprint density at radius 2 is 2.00 bits per heavy atom. The summed E-state index contributed by atoms with van der Waals surface area (Å²) in [6.45, 7) is 0.316. The molecule has 0 aromatic heterocycles. The number of nitro groups is 1. The van der Waals surface area contributed by atoms with E-state index >= 15 is 0 Å². The summed E-state index contributed by atoms with van der Waals surface area (Å²) in [4.78, 5) is 22.1. The number of nitrogens with zero attached hydrogens (tertiary/aromatic N) is 1.